The van der Waals surface area contributed by atoms with Gasteiger partial charge in [-0.3, -0.25) is 9.59 Å². The van der Waals surface area contributed by atoms with Gasteiger partial charge in [-0.05, 0) is 61.4 Å². The Labute approximate surface area is 169 Å². The van der Waals surface area contributed by atoms with E-state index in [0.717, 1.165) is 6.42 Å². The Morgan fingerprint density at radius 2 is 1.76 bits per heavy atom. The second kappa shape index (κ2) is 11.3. The van der Waals surface area contributed by atoms with Crippen molar-refractivity contribution in [2.75, 3.05) is 25.6 Å². The van der Waals surface area contributed by atoms with Crippen molar-refractivity contribution in [2.45, 2.75) is 20.3 Å². The number of nitrogens with zero attached hydrogens (tertiary/aromatic N) is 1. The van der Waals surface area contributed by atoms with Crippen LogP contribution in [0.1, 0.15) is 25.8 Å². The summed E-state index contributed by atoms with van der Waals surface area (Å²) in [6.45, 7) is 4.99. The molecule has 29 heavy (non-hydrogen) atoms. The number of carbonyl (C=O) groups is 2. The average molecular weight is 399 g/mol. The normalized spacial score (nSPS) is 10.4. The van der Waals surface area contributed by atoms with Gasteiger partial charge in [0.25, 0.3) is 0 Å². The standard InChI is InChI=1S/C21H25N3O5/c1-4-12-29-18-11-6-15(13-19(18)28-5-2)14-22-24-21(26)20(25)23-16-7-9-17(27-3)10-8-16/h6-11,13-14H,4-5,12H2,1-3H3,(H,23,25)(H,24,26)/b22-14-. The predicted octanol–water partition coefficient (Wildman–Crippen LogP) is 2.97. The van der Waals surface area contributed by atoms with Gasteiger partial charge in [0, 0.05) is 5.69 Å². The van der Waals surface area contributed by atoms with Gasteiger partial charge in [0.1, 0.15) is 5.75 Å². The topological polar surface area (TPSA) is 98.2 Å². The van der Waals surface area contributed by atoms with Gasteiger partial charge in [0.05, 0.1) is 26.5 Å². The number of nitrogens with one attached hydrogen (secondary N) is 2. The van der Waals surface area contributed by atoms with Crippen LogP contribution in [0, 0.1) is 0 Å². The second-order valence-corrected chi connectivity index (χ2v) is 5.87. The molecule has 0 unspecified atom stereocenters. The van der Waals surface area contributed by atoms with Gasteiger partial charge in [-0.1, -0.05) is 6.92 Å². The van der Waals surface area contributed by atoms with Crippen LogP contribution in [0.4, 0.5) is 5.69 Å². The molecule has 154 valence electrons. The van der Waals surface area contributed by atoms with E-state index in [1.165, 1.54) is 6.21 Å². The maximum Gasteiger partial charge on any atom is 0.329 e. The molecule has 2 amide bonds. The summed E-state index contributed by atoms with van der Waals surface area (Å²) in [6.07, 6.45) is 2.31. The van der Waals surface area contributed by atoms with Crippen LogP contribution in [-0.2, 0) is 9.59 Å². The number of carbonyl (C=O) groups excluding carboxylic acids is 2. The number of methoxy groups -OCH3 is 1. The van der Waals surface area contributed by atoms with Crippen LogP contribution in [0.2, 0.25) is 0 Å². The largest absolute Gasteiger partial charge is 0.497 e. The molecule has 0 aromatic heterocycles. The molecular formula is C21H25N3O5. The fraction of sp³-hybridized carbons (Fsp3) is 0.286. The highest BCUT2D eigenvalue weighted by molar-refractivity contribution is 6.39. The van der Waals surface area contributed by atoms with Crippen LogP contribution < -0.4 is 25.0 Å². The van der Waals surface area contributed by atoms with Crippen molar-refractivity contribution < 1.29 is 23.8 Å². The number of hydrazone groups is 1. The monoisotopic (exact) mass is 399 g/mol. The molecule has 2 aromatic rings. The Balaban J connectivity index is 1.94. The Morgan fingerprint density at radius 1 is 1.00 bits per heavy atom. The van der Waals surface area contributed by atoms with Crippen LogP contribution in [-0.4, -0.2) is 38.4 Å². The van der Waals surface area contributed by atoms with Crippen LogP contribution in [0.5, 0.6) is 17.2 Å². The number of hydrogen-bond donors (Lipinski definition) is 2. The van der Waals surface area contributed by atoms with Crippen molar-refractivity contribution >= 4 is 23.7 Å². The minimum absolute atomic E-state index is 0.471. The van der Waals surface area contributed by atoms with Gasteiger partial charge in [0.2, 0.25) is 0 Å². The summed E-state index contributed by atoms with van der Waals surface area (Å²) in [5.41, 5.74) is 3.36. The number of ether oxygens (including phenoxy) is 3. The van der Waals surface area contributed by atoms with Crippen molar-refractivity contribution in [2.24, 2.45) is 5.10 Å². The molecule has 2 rings (SSSR count). The molecule has 2 N–H and O–H groups in total. The SMILES string of the molecule is CCCOc1ccc(/C=N\NC(=O)C(=O)Nc2ccc(OC)cc2)cc1OCC. The lowest BCUT2D eigenvalue weighted by Crippen LogP contribution is -2.32. The van der Waals surface area contributed by atoms with Crippen molar-refractivity contribution in [3.63, 3.8) is 0 Å². The van der Waals surface area contributed by atoms with Crippen molar-refractivity contribution in [3.05, 3.63) is 48.0 Å². The molecule has 0 bridgehead atoms. The molecule has 0 radical (unpaired) electrons. The molecule has 0 saturated heterocycles. The fourth-order valence-corrected chi connectivity index (χ4v) is 2.28. The van der Waals surface area contributed by atoms with Gasteiger partial charge in [-0.25, -0.2) is 5.43 Å². The summed E-state index contributed by atoms with van der Waals surface area (Å²) >= 11 is 0. The van der Waals surface area contributed by atoms with E-state index in [-0.39, 0.29) is 0 Å². The Bertz CT molecular complexity index is 850. The van der Waals surface area contributed by atoms with Gasteiger partial charge in [-0.2, -0.15) is 5.10 Å². The summed E-state index contributed by atoms with van der Waals surface area (Å²) in [5.74, 6) is 0.174. The van der Waals surface area contributed by atoms with Crippen molar-refractivity contribution in [1.29, 1.82) is 0 Å². The third-order valence-electron chi connectivity index (χ3n) is 3.66. The van der Waals surface area contributed by atoms with Crippen LogP contribution in [0.3, 0.4) is 0 Å². The Morgan fingerprint density at radius 3 is 2.41 bits per heavy atom. The van der Waals surface area contributed by atoms with E-state index in [2.05, 4.69) is 15.8 Å². The lowest BCUT2D eigenvalue weighted by Gasteiger charge is -2.11. The first-order chi connectivity index (χ1) is 14.1. The second-order valence-electron chi connectivity index (χ2n) is 5.87. The number of hydrogen-bond acceptors (Lipinski definition) is 6. The zero-order chi connectivity index (χ0) is 21.1. The summed E-state index contributed by atoms with van der Waals surface area (Å²) in [5, 5.41) is 6.30. The Kier molecular flexibility index (Phi) is 8.50. The minimum Gasteiger partial charge on any atom is -0.497 e. The molecule has 0 heterocycles. The van der Waals surface area contributed by atoms with Gasteiger partial charge in [-0.15, -0.1) is 0 Å². The molecule has 0 atom stereocenters. The summed E-state index contributed by atoms with van der Waals surface area (Å²) in [6, 6.07) is 11.9. The average Bonchev–Trinajstić information content (AvgIpc) is 2.73. The molecule has 8 nitrogen and oxygen atoms in total. The predicted molar refractivity (Wildman–Crippen MR) is 111 cm³/mol. The molecule has 8 heteroatoms. The maximum absolute atomic E-state index is 11.9. The van der Waals surface area contributed by atoms with Gasteiger partial charge < -0.3 is 19.5 Å². The smallest absolute Gasteiger partial charge is 0.329 e. The maximum atomic E-state index is 11.9. The van der Waals surface area contributed by atoms with E-state index in [1.54, 1.807) is 49.6 Å². The number of rotatable bonds is 9. The zero-order valence-electron chi connectivity index (χ0n) is 16.7. The molecule has 0 saturated carbocycles. The third kappa shape index (κ3) is 6.84. The number of anilines is 1. The van der Waals surface area contributed by atoms with Gasteiger partial charge >= 0.3 is 11.8 Å². The van der Waals surface area contributed by atoms with E-state index in [4.69, 9.17) is 14.2 Å². The summed E-state index contributed by atoms with van der Waals surface area (Å²) < 4.78 is 16.3. The molecule has 0 aliphatic carbocycles. The van der Waals surface area contributed by atoms with E-state index in [9.17, 15) is 9.59 Å². The van der Waals surface area contributed by atoms with Crippen LogP contribution >= 0.6 is 0 Å². The third-order valence-corrected chi connectivity index (χ3v) is 3.66. The lowest BCUT2D eigenvalue weighted by molar-refractivity contribution is -0.136. The summed E-state index contributed by atoms with van der Waals surface area (Å²) in [7, 11) is 1.54. The molecule has 0 aliphatic heterocycles. The van der Waals surface area contributed by atoms with E-state index in [0.29, 0.717) is 41.7 Å². The number of amides is 2. The van der Waals surface area contributed by atoms with E-state index < -0.39 is 11.8 Å². The first-order valence-corrected chi connectivity index (χ1v) is 9.25. The molecular weight excluding hydrogens is 374 g/mol. The highest BCUT2D eigenvalue weighted by Gasteiger charge is 2.13. The van der Waals surface area contributed by atoms with E-state index in [1.807, 2.05) is 13.8 Å². The molecule has 0 fully saturated rings. The highest BCUT2D eigenvalue weighted by Crippen LogP contribution is 2.28. The Hall–Kier alpha value is -3.55. The van der Waals surface area contributed by atoms with Crippen LogP contribution in [0.15, 0.2) is 47.6 Å². The zero-order valence-corrected chi connectivity index (χ0v) is 16.7. The summed E-state index contributed by atoms with van der Waals surface area (Å²) in [4.78, 5) is 23.8. The fourth-order valence-electron chi connectivity index (χ4n) is 2.28. The quantitative estimate of drug-likeness (QED) is 0.384. The minimum atomic E-state index is -0.884. The van der Waals surface area contributed by atoms with Crippen LogP contribution in [0.25, 0.3) is 0 Å². The molecule has 2 aromatic carbocycles. The first-order valence-electron chi connectivity index (χ1n) is 9.25. The van der Waals surface area contributed by atoms with Crippen molar-refractivity contribution in [3.8, 4) is 17.2 Å². The van der Waals surface area contributed by atoms with E-state index >= 15 is 0 Å². The van der Waals surface area contributed by atoms with Gasteiger partial charge in [0.15, 0.2) is 11.5 Å². The van der Waals surface area contributed by atoms with Crippen molar-refractivity contribution in [1.82, 2.24) is 5.43 Å². The molecule has 0 spiro atoms. The molecule has 0 aliphatic rings. The lowest BCUT2D eigenvalue weighted by atomic mass is 10.2. The highest BCUT2D eigenvalue weighted by atomic mass is 16.5. The first kappa shape index (κ1) is 21.7. The number of benzene rings is 2.